The van der Waals surface area contributed by atoms with Crippen molar-refractivity contribution in [2.45, 2.75) is 70.3 Å². The summed E-state index contributed by atoms with van der Waals surface area (Å²) in [5, 5.41) is 6.80. The van der Waals surface area contributed by atoms with Gasteiger partial charge in [0.2, 0.25) is 5.84 Å². The van der Waals surface area contributed by atoms with Crippen molar-refractivity contribution < 1.29 is 10.1 Å². The summed E-state index contributed by atoms with van der Waals surface area (Å²) in [6, 6.07) is 0. The third-order valence-corrected chi connectivity index (χ3v) is 4.59. The highest BCUT2D eigenvalue weighted by Gasteiger charge is 2.25. The van der Waals surface area contributed by atoms with Crippen molar-refractivity contribution in [2.75, 3.05) is 11.9 Å². The van der Waals surface area contributed by atoms with Crippen LogP contribution in [0.4, 0.5) is 0 Å². The predicted octanol–water partition coefficient (Wildman–Crippen LogP) is 2.41. The van der Waals surface area contributed by atoms with Crippen LogP contribution >= 0.6 is 15.9 Å². The Morgan fingerprint density at radius 3 is 2.16 bits per heavy atom. The molecule has 3 nitrogen and oxygen atoms in total. The van der Waals surface area contributed by atoms with Gasteiger partial charge in [-0.15, -0.1) is 0 Å². The van der Waals surface area contributed by atoms with Gasteiger partial charge in [0, 0.05) is 11.9 Å². The number of hydrogen-bond donors (Lipinski definition) is 2. The topological polar surface area (TPSA) is 60.8 Å². The molecular formula is C15H30BrN2O+. The molecule has 1 aliphatic carbocycles. The standard InChI is InChI=1S/C15H29BrN2O/c16-11-5-3-1-2-4-6-12-19-14-9-7-13(8-10-14)15(17)18/h13-14H,1-12H2,(H3,17,18)/p+1. The number of unbranched alkanes of at least 4 members (excludes halogenated alkanes) is 5. The predicted molar refractivity (Wildman–Crippen MR) is 84.3 cm³/mol. The summed E-state index contributed by atoms with van der Waals surface area (Å²) in [5.41, 5.74) is 5.65. The summed E-state index contributed by atoms with van der Waals surface area (Å²) in [6.45, 7) is 0.926. The van der Waals surface area contributed by atoms with Crippen LogP contribution in [0.25, 0.3) is 0 Å². The maximum Gasteiger partial charge on any atom is 0.241 e. The van der Waals surface area contributed by atoms with Gasteiger partial charge >= 0.3 is 0 Å². The summed E-state index contributed by atoms with van der Waals surface area (Å²) < 4.78 is 5.94. The minimum absolute atomic E-state index is 0.425. The first-order valence-electron chi connectivity index (χ1n) is 7.79. The van der Waals surface area contributed by atoms with Gasteiger partial charge in [-0.3, -0.25) is 11.1 Å². The molecule has 0 heterocycles. The molecule has 1 fully saturated rings. The lowest BCUT2D eigenvalue weighted by atomic mass is 9.87. The number of amidine groups is 1. The molecule has 112 valence electrons. The first-order chi connectivity index (χ1) is 9.24. The van der Waals surface area contributed by atoms with E-state index in [1.165, 1.54) is 38.5 Å². The van der Waals surface area contributed by atoms with E-state index in [1.54, 1.807) is 0 Å². The summed E-state index contributed by atoms with van der Waals surface area (Å²) in [7, 11) is 0. The molecule has 1 rings (SSSR count). The van der Waals surface area contributed by atoms with Crippen molar-refractivity contribution in [1.29, 1.82) is 0 Å². The first-order valence-corrected chi connectivity index (χ1v) is 8.91. The van der Waals surface area contributed by atoms with E-state index in [-0.39, 0.29) is 0 Å². The molecule has 0 atom stereocenters. The number of alkyl halides is 1. The second-order valence-corrected chi connectivity index (χ2v) is 6.45. The molecule has 0 aromatic carbocycles. The van der Waals surface area contributed by atoms with Crippen LogP contribution in [-0.2, 0) is 4.74 Å². The Bertz CT molecular complexity index is 240. The lowest BCUT2D eigenvalue weighted by molar-refractivity contribution is -0.123. The molecule has 0 unspecified atom stereocenters. The first kappa shape index (κ1) is 17.0. The maximum atomic E-state index is 5.94. The Kier molecular flexibility index (Phi) is 9.52. The van der Waals surface area contributed by atoms with Crippen LogP contribution in [0.2, 0.25) is 0 Å². The Labute approximate surface area is 126 Å². The number of halogens is 1. The Morgan fingerprint density at radius 1 is 1.00 bits per heavy atom. The third-order valence-electron chi connectivity index (χ3n) is 4.03. The molecule has 0 bridgehead atoms. The van der Waals surface area contributed by atoms with Gasteiger partial charge in [0.05, 0.1) is 12.0 Å². The van der Waals surface area contributed by atoms with E-state index in [1.807, 2.05) is 0 Å². The number of nitrogens with two attached hydrogens (primary N) is 2. The monoisotopic (exact) mass is 333 g/mol. The summed E-state index contributed by atoms with van der Waals surface area (Å²) in [6.07, 6.45) is 12.8. The molecule has 0 amide bonds. The normalized spacial score (nSPS) is 23.4. The van der Waals surface area contributed by atoms with E-state index < -0.39 is 0 Å². The zero-order chi connectivity index (χ0) is 13.9. The van der Waals surface area contributed by atoms with Crippen LogP contribution in [0.3, 0.4) is 0 Å². The van der Waals surface area contributed by atoms with E-state index in [9.17, 15) is 0 Å². The van der Waals surface area contributed by atoms with Crippen molar-refractivity contribution in [3.05, 3.63) is 0 Å². The molecule has 4 heteroatoms. The minimum Gasteiger partial charge on any atom is -0.378 e. The fourth-order valence-electron chi connectivity index (χ4n) is 2.72. The number of ether oxygens (including phenoxy) is 1. The molecular weight excluding hydrogens is 304 g/mol. The van der Waals surface area contributed by atoms with Crippen LogP contribution in [-0.4, -0.2) is 23.9 Å². The SMILES string of the molecule is NC(=[NH2+])C1CCC(OCCCCCCCCBr)CC1. The quantitative estimate of drug-likeness (QED) is 0.279. The van der Waals surface area contributed by atoms with E-state index >= 15 is 0 Å². The molecule has 1 saturated carbocycles. The third kappa shape index (κ3) is 7.93. The smallest absolute Gasteiger partial charge is 0.241 e. The van der Waals surface area contributed by atoms with Crippen molar-refractivity contribution >= 4 is 21.8 Å². The minimum atomic E-state index is 0.425. The molecule has 0 radical (unpaired) electrons. The summed E-state index contributed by atoms with van der Waals surface area (Å²) >= 11 is 3.46. The fraction of sp³-hybridized carbons (Fsp3) is 0.933. The van der Waals surface area contributed by atoms with Gasteiger partial charge in [0.25, 0.3) is 0 Å². The molecule has 0 spiro atoms. The van der Waals surface area contributed by atoms with Gasteiger partial charge < -0.3 is 4.74 Å². The van der Waals surface area contributed by atoms with Gasteiger partial charge in [-0.1, -0.05) is 41.6 Å². The van der Waals surface area contributed by atoms with Crippen LogP contribution in [0.15, 0.2) is 0 Å². The van der Waals surface area contributed by atoms with Crippen molar-refractivity contribution in [3.8, 4) is 0 Å². The van der Waals surface area contributed by atoms with Gasteiger partial charge in [0.1, 0.15) is 0 Å². The Balaban J connectivity index is 1.89. The average Bonchev–Trinajstić information content (AvgIpc) is 2.42. The number of rotatable bonds is 10. The molecule has 4 N–H and O–H groups in total. The van der Waals surface area contributed by atoms with Crippen molar-refractivity contribution in [3.63, 3.8) is 0 Å². The van der Waals surface area contributed by atoms with E-state index in [4.69, 9.17) is 15.9 Å². The van der Waals surface area contributed by atoms with Gasteiger partial charge in [-0.05, 0) is 38.5 Å². The van der Waals surface area contributed by atoms with Crippen molar-refractivity contribution in [2.24, 2.45) is 11.7 Å². The molecule has 0 saturated heterocycles. The largest absolute Gasteiger partial charge is 0.378 e. The van der Waals surface area contributed by atoms with Crippen LogP contribution < -0.4 is 11.1 Å². The molecule has 0 aliphatic heterocycles. The van der Waals surface area contributed by atoms with Crippen LogP contribution in [0.5, 0.6) is 0 Å². The average molecular weight is 334 g/mol. The molecule has 19 heavy (non-hydrogen) atoms. The highest BCUT2D eigenvalue weighted by molar-refractivity contribution is 9.09. The summed E-state index contributed by atoms with van der Waals surface area (Å²) in [4.78, 5) is 0. The highest BCUT2D eigenvalue weighted by Crippen LogP contribution is 2.25. The zero-order valence-corrected chi connectivity index (χ0v) is 13.7. The van der Waals surface area contributed by atoms with Crippen LogP contribution in [0.1, 0.15) is 64.2 Å². The Hall–Kier alpha value is -0.0900. The molecule has 1 aliphatic rings. The van der Waals surface area contributed by atoms with Gasteiger partial charge in [-0.25, -0.2) is 0 Å². The zero-order valence-electron chi connectivity index (χ0n) is 12.1. The van der Waals surface area contributed by atoms with Crippen molar-refractivity contribution in [1.82, 2.24) is 0 Å². The van der Waals surface area contributed by atoms with Crippen LogP contribution in [0, 0.1) is 5.92 Å². The second kappa shape index (κ2) is 10.7. The van der Waals surface area contributed by atoms with Gasteiger partial charge in [-0.2, -0.15) is 0 Å². The fourth-order valence-corrected chi connectivity index (χ4v) is 3.11. The maximum absolute atomic E-state index is 5.94. The molecule has 0 aromatic rings. The van der Waals surface area contributed by atoms with E-state index in [2.05, 4.69) is 15.9 Å². The lowest BCUT2D eigenvalue weighted by Gasteiger charge is -2.26. The number of hydrogen-bond acceptors (Lipinski definition) is 1. The van der Waals surface area contributed by atoms with Gasteiger partial charge in [0.15, 0.2) is 0 Å². The van der Waals surface area contributed by atoms with E-state index in [0.29, 0.717) is 17.9 Å². The second-order valence-electron chi connectivity index (χ2n) is 5.65. The Morgan fingerprint density at radius 2 is 1.58 bits per heavy atom. The molecule has 0 aromatic heterocycles. The summed E-state index contributed by atoms with van der Waals surface area (Å²) in [5.74, 6) is 1.04. The highest BCUT2D eigenvalue weighted by atomic mass is 79.9. The lowest BCUT2D eigenvalue weighted by Crippen LogP contribution is -2.51. The van der Waals surface area contributed by atoms with E-state index in [0.717, 1.165) is 37.6 Å².